The first kappa shape index (κ1) is 26.9. The number of aryl methyl sites for hydroxylation is 1. The van der Waals surface area contributed by atoms with Gasteiger partial charge in [-0.05, 0) is 61.2 Å². The average molecular weight is 590 g/mol. The Hall–Kier alpha value is -4.13. The molecule has 0 bridgehead atoms. The van der Waals surface area contributed by atoms with Crippen molar-refractivity contribution < 1.29 is 18.2 Å². The van der Waals surface area contributed by atoms with Gasteiger partial charge in [0.15, 0.2) is 5.76 Å². The minimum Gasteiger partial charge on any atom is -0.459 e. The minimum atomic E-state index is -2.94. The van der Waals surface area contributed by atoms with Gasteiger partial charge in [-0.2, -0.15) is 0 Å². The van der Waals surface area contributed by atoms with Crippen molar-refractivity contribution >= 4 is 48.5 Å². The zero-order chi connectivity index (χ0) is 27.0. The smallest absolute Gasteiger partial charge is 0.291 e. The molecule has 0 fully saturated rings. The molecule has 0 aliphatic heterocycles. The Morgan fingerprint density at radius 2 is 1.79 bits per heavy atom. The molecule has 38 heavy (non-hydrogen) atoms. The van der Waals surface area contributed by atoms with Crippen LogP contribution >= 0.6 is 15.9 Å². The Bertz CT molecular complexity index is 1640. The normalized spacial score (nSPS) is 11.9. The summed E-state index contributed by atoms with van der Waals surface area (Å²) in [6.45, 7) is 1.80. The number of nitrogens with zero attached hydrogens (tertiary/aromatic N) is 1. The molecule has 0 aliphatic rings. The third-order valence-electron chi connectivity index (χ3n) is 5.34. The fourth-order valence-electron chi connectivity index (χ4n) is 3.47. The lowest BCUT2D eigenvalue weighted by Gasteiger charge is -2.13. The van der Waals surface area contributed by atoms with Crippen molar-refractivity contribution in [2.45, 2.75) is 18.2 Å². The van der Waals surface area contributed by atoms with Gasteiger partial charge in [0, 0.05) is 45.0 Å². The standard InChI is InChI=1S/C29H24BrN3O4S/c1-21-13-15-37-27(21)29(35)32-25-8-5-7-22(18-25)11-12-23-17-24(20-31-19-23)28(34)33-38(36,16-6-14-30)26-9-3-2-4-10-26/h2-5,7-10,13,15-20H,6,14H2,1H3,(H,32,35)(H,33,34,36). The van der Waals surface area contributed by atoms with E-state index in [4.69, 9.17) is 4.42 Å². The zero-order valence-electron chi connectivity index (χ0n) is 20.4. The number of hydrogen-bond acceptors (Lipinski definition) is 5. The van der Waals surface area contributed by atoms with Crippen molar-refractivity contribution in [3.05, 3.63) is 113 Å². The first-order valence-corrected chi connectivity index (χ1v) is 14.4. The fourth-order valence-corrected chi connectivity index (χ4v) is 5.80. The number of anilines is 1. The summed E-state index contributed by atoms with van der Waals surface area (Å²) >= 11 is 3.34. The molecule has 2 heterocycles. The quantitative estimate of drug-likeness (QED) is 0.175. The maximum atomic E-state index is 13.6. The van der Waals surface area contributed by atoms with Crippen LogP contribution in [0.15, 0.2) is 94.7 Å². The lowest BCUT2D eigenvalue weighted by atomic mass is 10.1. The Balaban J connectivity index is 1.51. The largest absolute Gasteiger partial charge is 0.459 e. The van der Waals surface area contributed by atoms with E-state index in [1.54, 1.807) is 79.2 Å². The van der Waals surface area contributed by atoms with E-state index in [-0.39, 0.29) is 17.2 Å². The third-order valence-corrected chi connectivity index (χ3v) is 7.96. The van der Waals surface area contributed by atoms with Crippen molar-refractivity contribution in [1.82, 2.24) is 9.71 Å². The van der Waals surface area contributed by atoms with Crippen molar-refractivity contribution in [3.63, 3.8) is 0 Å². The molecule has 2 aromatic carbocycles. The van der Waals surface area contributed by atoms with E-state index in [0.29, 0.717) is 33.5 Å². The van der Waals surface area contributed by atoms with Crippen LogP contribution in [0, 0.1) is 18.8 Å². The second-order valence-corrected chi connectivity index (χ2v) is 11.2. The molecule has 7 nitrogen and oxygen atoms in total. The Kier molecular flexibility index (Phi) is 8.79. The van der Waals surface area contributed by atoms with Gasteiger partial charge < -0.3 is 9.73 Å². The van der Waals surface area contributed by atoms with Gasteiger partial charge in [0.25, 0.3) is 11.8 Å². The van der Waals surface area contributed by atoms with Crippen LogP contribution in [0.1, 0.15) is 44.0 Å². The summed E-state index contributed by atoms with van der Waals surface area (Å²) in [5.74, 6) is 5.41. The number of carbonyl (C=O) groups excluding carboxylic acids is 2. The van der Waals surface area contributed by atoms with Crippen LogP contribution in [0.4, 0.5) is 5.69 Å². The van der Waals surface area contributed by atoms with Gasteiger partial charge in [-0.25, -0.2) is 4.21 Å². The highest BCUT2D eigenvalue weighted by Crippen LogP contribution is 2.15. The number of halogens is 1. The lowest BCUT2D eigenvalue weighted by molar-refractivity contribution is 0.0978. The maximum absolute atomic E-state index is 13.6. The van der Waals surface area contributed by atoms with E-state index in [1.807, 2.05) is 6.07 Å². The summed E-state index contributed by atoms with van der Waals surface area (Å²) < 4.78 is 21.6. The number of pyridine rings is 1. The molecule has 0 saturated heterocycles. The first-order valence-electron chi connectivity index (χ1n) is 11.6. The van der Waals surface area contributed by atoms with Crippen LogP contribution in [0.5, 0.6) is 0 Å². The molecule has 1 unspecified atom stereocenters. The highest BCUT2D eigenvalue weighted by molar-refractivity contribution is 9.09. The predicted molar refractivity (Wildman–Crippen MR) is 153 cm³/mol. The van der Waals surface area contributed by atoms with E-state index in [2.05, 4.69) is 42.8 Å². The summed E-state index contributed by atoms with van der Waals surface area (Å²) in [5, 5.41) is 5.03. The van der Waals surface area contributed by atoms with Crippen molar-refractivity contribution in [2.75, 3.05) is 10.6 Å². The maximum Gasteiger partial charge on any atom is 0.291 e. The molecule has 0 aliphatic carbocycles. The topological polar surface area (TPSA) is 101 Å². The van der Waals surface area contributed by atoms with Crippen LogP contribution in [0.25, 0.3) is 0 Å². The van der Waals surface area contributed by atoms with Gasteiger partial charge in [0.1, 0.15) is 0 Å². The highest BCUT2D eigenvalue weighted by atomic mass is 79.9. The monoisotopic (exact) mass is 589 g/mol. The molecule has 4 aromatic rings. The van der Waals surface area contributed by atoms with Crippen molar-refractivity contribution in [3.8, 4) is 11.8 Å². The van der Waals surface area contributed by atoms with E-state index in [9.17, 15) is 13.8 Å². The van der Waals surface area contributed by atoms with E-state index < -0.39 is 15.6 Å². The SMILES string of the molecule is Cc1ccoc1C(=O)Nc1cccc(C#Cc2cncc(C(=O)NS(=O)(=CCCBr)c3ccccc3)c2)c1. The number of nitrogens with one attached hydrogen (secondary N) is 2. The Morgan fingerprint density at radius 3 is 2.53 bits per heavy atom. The molecule has 9 heteroatoms. The molecule has 0 radical (unpaired) electrons. The second-order valence-electron chi connectivity index (χ2n) is 8.17. The van der Waals surface area contributed by atoms with Crippen molar-refractivity contribution in [1.29, 1.82) is 0 Å². The predicted octanol–water partition coefficient (Wildman–Crippen LogP) is 5.21. The number of amides is 2. The number of furan rings is 1. The van der Waals surface area contributed by atoms with Crippen LogP contribution in [-0.2, 0) is 9.71 Å². The fraction of sp³-hybridized carbons (Fsp3) is 0.103. The van der Waals surface area contributed by atoms with Crippen LogP contribution in [-0.4, -0.2) is 31.7 Å². The molecule has 2 aromatic heterocycles. The molecule has 1 atom stereocenters. The van der Waals surface area contributed by atoms with E-state index in [0.717, 1.165) is 5.56 Å². The third kappa shape index (κ3) is 6.79. The van der Waals surface area contributed by atoms with Gasteiger partial charge in [-0.3, -0.25) is 19.3 Å². The van der Waals surface area contributed by atoms with Gasteiger partial charge in [0.2, 0.25) is 0 Å². The second kappa shape index (κ2) is 12.4. The summed E-state index contributed by atoms with van der Waals surface area (Å²) in [7, 11) is -2.94. The zero-order valence-corrected chi connectivity index (χ0v) is 22.8. The lowest BCUT2D eigenvalue weighted by Crippen LogP contribution is -2.32. The summed E-state index contributed by atoms with van der Waals surface area (Å²) in [4.78, 5) is 30.1. The van der Waals surface area contributed by atoms with Gasteiger partial charge in [-0.1, -0.05) is 52.0 Å². The molecule has 4 rings (SSSR count). The molecule has 192 valence electrons. The molecular formula is C29H24BrN3O4S. The van der Waals surface area contributed by atoms with Gasteiger partial charge >= 0.3 is 0 Å². The molecule has 0 spiro atoms. The van der Waals surface area contributed by atoms with Crippen molar-refractivity contribution in [2.24, 2.45) is 0 Å². The Labute approximate surface area is 230 Å². The van der Waals surface area contributed by atoms with E-state index >= 15 is 0 Å². The number of carbonyl (C=O) groups is 2. The first-order chi connectivity index (χ1) is 18.4. The van der Waals surface area contributed by atoms with Crippen LogP contribution in [0.2, 0.25) is 0 Å². The van der Waals surface area contributed by atoms with Gasteiger partial charge in [-0.15, -0.1) is 0 Å². The summed E-state index contributed by atoms with van der Waals surface area (Å²) in [5.41, 5.74) is 2.72. The van der Waals surface area contributed by atoms with E-state index in [1.165, 1.54) is 12.5 Å². The number of alkyl halides is 1. The molecular weight excluding hydrogens is 566 g/mol. The number of rotatable bonds is 7. The van der Waals surface area contributed by atoms with Gasteiger partial charge in [0.05, 0.1) is 21.5 Å². The number of hydrogen-bond donors (Lipinski definition) is 2. The number of aromatic nitrogens is 1. The number of benzene rings is 2. The molecule has 2 amide bonds. The minimum absolute atomic E-state index is 0.238. The van der Waals surface area contributed by atoms with Crippen LogP contribution in [0.3, 0.4) is 0 Å². The summed E-state index contributed by atoms with van der Waals surface area (Å²) in [6.07, 6.45) is 4.93. The summed E-state index contributed by atoms with van der Waals surface area (Å²) in [6, 6.07) is 19.2. The Morgan fingerprint density at radius 1 is 1.00 bits per heavy atom. The molecule has 2 N–H and O–H groups in total. The molecule has 0 saturated carbocycles. The average Bonchev–Trinajstić information content (AvgIpc) is 3.37. The highest BCUT2D eigenvalue weighted by Gasteiger charge is 2.16. The van der Waals surface area contributed by atoms with Crippen LogP contribution < -0.4 is 10.0 Å².